The maximum absolute atomic E-state index is 12.6. The van der Waals surface area contributed by atoms with Crippen LogP contribution in [0.5, 0.6) is 5.75 Å². The Morgan fingerprint density at radius 1 is 0.800 bits per heavy atom. The number of pyridine rings is 1. The van der Waals surface area contributed by atoms with Gasteiger partial charge < -0.3 is 31.1 Å². The smallest absolute Gasteiger partial charge is 0.323 e. The van der Waals surface area contributed by atoms with Gasteiger partial charge in [0.15, 0.2) is 0 Å². The van der Waals surface area contributed by atoms with E-state index in [0.29, 0.717) is 47.4 Å². The fraction of sp³-hybridized carbons (Fsp3) is 0.125. The highest BCUT2D eigenvalue weighted by Gasteiger charge is 2.14. The number of hydrogen-bond acceptors (Lipinski definition) is 5. The molecule has 0 spiro atoms. The van der Waals surface area contributed by atoms with Gasteiger partial charge in [0, 0.05) is 29.4 Å². The average molecular weight is 535 g/mol. The number of aliphatic hydroxyl groups is 1. The minimum absolute atomic E-state index is 0.0419. The number of amides is 2. The molecule has 1 heterocycles. The number of aliphatic hydroxyl groups excluding tert-OH is 1. The SMILES string of the molecule is O=C(Nc1ccc(-c2ccccc2)cc1)Nc1cccc(CCNC[C@H](O)c2ccc(O)c3[nH]c(=O)ccc23)c1. The number of aromatic amines is 1. The molecule has 5 rings (SSSR count). The average Bonchev–Trinajstić information content (AvgIpc) is 2.97. The number of carbonyl (C=O) groups excluding carboxylic acids is 1. The fourth-order valence-corrected chi connectivity index (χ4v) is 4.61. The van der Waals surface area contributed by atoms with Gasteiger partial charge in [-0.2, -0.15) is 0 Å². The minimum atomic E-state index is -0.826. The Hall–Kier alpha value is -4.92. The Bertz CT molecular complexity index is 1670. The number of carbonyl (C=O) groups is 1. The Morgan fingerprint density at radius 2 is 1.55 bits per heavy atom. The fourth-order valence-electron chi connectivity index (χ4n) is 4.61. The predicted molar refractivity (Wildman–Crippen MR) is 159 cm³/mol. The van der Waals surface area contributed by atoms with Crippen LogP contribution in [0.1, 0.15) is 17.2 Å². The summed E-state index contributed by atoms with van der Waals surface area (Å²) in [6, 6.07) is 31.1. The summed E-state index contributed by atoms with van der Waals surface area (Å²) in [6.07, 6.45) is -0.137. The van der Waals surface area contributed by atoms with Crippen LogP contribution in [0.3, 0.4) is 0 Å². The van der Waals surface area contributed by atoms with E-state index in [4.69, 9.17) is 0 Å². The first-order chi connectivity index (χ1) is 19.5. The Morgan fingerprint density at radius 3 is 2.35 bits per heavy atom. The number of phenols is 1. The first-order valence-electron chi connectivity index (χ1n) is 13.0. The summed E-state index contributed by atoms with van der Waals surface area (Å²) in [4.78, 5) is 26.8. The first-order valence-corrected chi connectivity index (χ1v) is 13.0. The summed E-state index contributed by atoms with van der Waals surface area (Å²) in [5, 5.41) is 30.4. The van der Waals surface area contributed by atoms with Gasteiger partial charge in [0.1, 0.15) is 5.75 Å². The van der Waals surface area contributed by atoms with Crippen LogP contribution in [-0.2, 0) is 6.42 Å². The van der Waals surface area contributed by atoms with Crippen molar-refractivity contribution >= 4 is 28.3 Å². The van der Waals surface area contributed by atoms with Crippen LogP contribution in [-0.4, -0.2) is 34.3 Å². The second kappa shape index (κ2) is 12.3. The van der Waals surface area contributed by atoms with E-state index in [-0.39, 0.29) is 17.3 Å². The molecule has 0 fully saturated rings. The zero-order valence-electron chi connectivity index (χ0n) is 21.7. The van der Waals surface area contributed by atoms with Gasteiger partial charge in [-0.1, -0.05) is 60.7 Å². The molecule has 6 N–H and O–H groups in total. The predicted octanol–water partition coefficient (Wildman–Crippen LogP) is 5.41. The molecule has 2 amide bonds. The van der Waals surface area contributed by atoms with E-state index >= 15 is 0 Å². The van der Waals surface area contributed by atoms with Crippen molar-refractivity contribution in [3.05, 3.63) is 125 Å². The van der Waals surface area contributed by atoms with Gasteiger partial charge in [-0.3, -0.25) is 4.79 Å². The van der Waals surface area contributed by atoms with Crippen molar-refractivity contribution in [2.45, 2.75) is 12.5 Å². The second-order valence-corrected chi connectivity index (χ2v) is 9.48. The number of rotatable bonds is 9. The summed E-state index contributed by atoms with van der Waals surface area (Å²) in [7, 11) is 0. The van der Waals surface area contributed by atoms with E-state index < -0.39 is 6.10 Å². The molecule has 0 saturated carbocycles. The summed E-state index contributed by atoms with van der Waals surface area (Å²) in [5.74, 6) is -0.0419. The van der Waals surface area contributed by atoms with Crippen molar-refractivity contribution in [2.75, 3.05) is 23.7 Å². The van der Waals surface area contributed by atoms with Gasteiger partial charge in [0.05, 0.1) is 11.6 Å². The lowest BCUT2D eigenvalue weighted by atomic mass is 10.0. The van der Waals surface area contributed by atoms with Crippen molar-refractivity contribution in [3.63, 3.8) is 0 Å². The number of H-pyrrole nitrogens is 1. The number of hydrogen-bond donors (Lipinski definition) is 6. The van der Waals surface area contributed by atoms with E-state index in [1.54, 1.807) is 12.1 Å². The number of nitrogens with one attached hydrogen (secondary N) is 4. The second-order valence-electron chi connectivity index (χ2n) is 9.48. The number of anilines is 2. The number of benzene rings is 4. The highest BCUT2D eigenvalue weighted by Crippen LogP contribution is 2.28. The quantitative estimate of drug-likeness (QED) is 0.141. The molecular weight excluding hydrogens is 504 g/mol. The largest absolute Gasteiger partial charge is 0.506 e. The van der Waals surface area contributed by atoms with E-state index in [9.17, 15) is 19.8 Å². The summed E-state index contributed by atoms with van der Waals surface area (Å²) < 4.78 is 0. The van der Waals surface area contributed by atoms with Crippen molar-refractivity contribution in [1.82, 2.24) is 10.3 Å². The molecule has 1 atom stereocenters. The van der Waals surface area contributed by atoms with Crippen LogP contribution in [0.4, 0.5) is 16.2 Å². The lowest BCUT2D eigenvalue weighted by Crippen LogP contribution is -2.24. The summed E-state index contributed by atoms with van der Waals surface area (Å²) in [5.41, 5.74) is 5.20. The van der Waals surface area contributed by atoms with E-state index in [2.05, 4.69) is 20.9 Å². The van der Waals surface area contributed by atoms with Crippen LogP contribution in [0.15, 0.2) is 108 Å². The zero-order chi connectivity index (χ0) is 27.9. The molecular formula is C32H30N4O4. The molecule has 8 heteroatoms. The maximum atomic E-state index is 12.6. The molecule has 8 nitrogen and oxygen atoms in total. The standard InChI is InChI=1S/C32H30N4O4/c37-28-15-13-26(27-14-16-30(39)36-31(27)28)29(38)20-33-18-17-21-5-4-8-25(19-21)35-32(40)34-24-11-9-23(10-12-24)22-6-2-1-3-7-22/h1-16,19,29,33,37-38H,17-18,20H2,(H,36,39)(H2,34,35,40)/t29-/m0/s1. The third-order valence-electron chi connectivity index (χ3n) is 6.63. The summed E-state index contributed by atoms with van der Waals surface area (Å²) >= 11 is 0. The molecule has 0 unspecified atom stereocenters. The van der Waals surface area contributed by atoms with Crippen molar-refractivity contribution in [3.8, 4) is 16.9 Å². The van der Waals surface area contributed by atoms with Crippen molar-refractivity contribution < 1.29 is 15.0 Å². The van der Waals surface area contributed by atoms with E-state index in [1.165, 1.54) is 12.1 Å². The Balaban J connectivity index is 1.11. The number of aromatic hydroxyl groups is 1. The van der Waals surface area contributed by atoms with Gasteiger partial charge in [0.2, 0.25) is 5.56 Å². The zero-order valence-corrected chi connectivity index (χ0v) is 21.7. The molecule has 40 heavy (non-hydrogen) atoms. The lowest BCUT2D eigenvalue weighted by molar-refractivity contribution is 0.176. The van der Waals surface area contributed by atoms with Crippen LogP contribution in [0, 0.1) is 0 Å². The third-order valence-corrected chi connectivity index (χ3v) is 6.63. The molecule has 0 aliphatic carbocycles. The van der Waals surface area contributed by atoms with Gasteiger partial charge in [0.25, 0.3) is 0 Å². The topological polar surface area (TPSA) is 126 Å². The van der Waals surface area contributed by atoms with Gasteiger partial charge in [-0.15, -0.1) is 0 Å². The maximum Gasteiger partial charge on any atom is 0.323 e. The number of fused-ring (bicyclic) bond motifs is 1. The summed E-state index contributed by atoms with van der Waals surface area (Å²) in [6.45, 7) is 0.899. The molecule has 202 valence electrons. The molecule has 5 aromatic rings. The minimum Gasteiger partial charge on any atom is -0.506 e. The molecule has 4 aromatic carbocycles. The lowest BCUT2D eigenvalue weighted by Gasteiger charge is -2.15. The molecule has 1 aromatic heterocycles. The highest BCUT2D eigenvalue weighted by molar-refractivity contribution is 5.99. The number of phenolic OH excluding ortho intramolecular Hbond substituents is 1. The molecule has 0 aliphatic rings. The monoisotopic (exact) mass is 534 g/mol. The number of aromatic nitrogens is 1. The van der Waals surface area contributed by atoms with Crippen molar-refractivity contribution in [2.24, 2.45) is 0 Å². The molecule has 0 radical (unpaired) electrons. The van der Waals surface area contributed by atoms with Gasteiger partial charge in [-0.05, 0) is 71.6 Å². The Labute approximate surface area is 231 Å². The van der Waals surface area contributed by atoms with Crippen LogP contribution in [0.2, 0.25) is 0 Å². The molecule has 0 saturated heterocycles. The van der Waals surface area contributed by atoms with E-state index in [0.717, 1.165) is 16.7 Å². The van der Waals surface area contributed by atoms with Gasteiger partial charge in [-0.25, -0.2) is 4.79 Å². The van der Waals surface area contributed by atoms with Crippen LogP contribution >= 0.6 is 0 Å². The molecule has 0 bridgehead atoms. The Kier molecular flexibility index (Phi) is 8.20. The van der Waals surface area contributed by atoms with Crippen molar-refractivity contribution in [1.29, 1.82) is 0 Å². The van der Waals surface area contributed by atoms with E-state index in [1.807, 2.05) is 78.9 Å². The normalized spacial score (nSPS) is 11.7. The highest BCUT2D eigenvalue weighted by atomic mass is 16.3. The first kappa shape index (κ1) is 26.7. The van der Waals surface area contributed by atoms with Gasteiger partial charge >= 0.3 is 6.03 Å². The van der Waals surface area contributed by atoms with Crippen LogP contribution < -0.4 is 21.5 Å². The molecule has 0 aliphatic heterocycles. The third kappa shape index (κ3) is 6.55. The number of urea groups is 1. The van der Waals surface area contributed by atoms with Crippen LogP contribution in [0.25, 0.3) is 22.0 Å².